The Morgan fingerprint density at radius 3 is 3.18 bits per heavy atom. The molecule has 0 aromatic carbocycles. The van der Waals surface area contributed by atoms with Crippen LogP contribution in [0.3, 0.4) is 0 Å². The van der Waals surface area contributed by atoms with E-state index >= 15 is 0 Å². The third kappa shape index (κ3) is 0.597. The highest BCUT2D eigenvalue weighted by atomic mass is 16.1. The van der Waals surface area contributed by atoms with Crippen LogP contribution in [0.15, 0.2) is 11.6 Å². The zero-order valence-corrected chi connectivity index (χ0v) is 6.55. The number of fused-ring (bicyclic) bond motifs is 3. The smallest absolute Gasteiger partial charge is 0.140 e. The lowest BCUT2D eigenvalue weighted by Gasteiger charge is -2.28. The Bertz CT molecular complexity index is 252. The van der Waals surface area contributed by atoms with Crippen molar-refractivity contribution in [3.05, 3.63) is 11.6 Å². The molecule has 1 heteroatoms. The monoisotopic (exact) mass is 148 g/mol. The van der Waals surface area contributed by atoms with Gasteiger partial charge in [0.25, 0.3) is 0 Å². The van der Waals surface area contributed by atoms with Gasteiger partial charge in [0.05, 0.1) is 0 Å². The lowest BCUT2D eigenvalue weighted by molar-refractivity contribution is -0.130. The number of carbonyl (C=O) groups is 1. The van der Waals surface area contributed by atoms with Crippen molar-refractivity contribution in [1.29, 1.82) is 0 Å². The maximum absolute atomic E-state index is 11.2. The molecule has 3 rings (SSSR count). The maximum atomic E-state index is 11.2. The normalized spacial score (nSPS) is 46.4. The van der Waals surface area contributed by atoms with Crippen LogP contribution in [0.25, 0.3) is 0 Å². The number of Topliss-reactive ketones (excluding diaryl/α,β-unsaturated/α-hetero) is 1. The molecule has 0 heterocycles. The Kier molecular flexibility index (Phi) is 0.961. The summed E-state index contributed by atoms with van der Waals surface area (Å²) in [5, 5.41) is 0. The van der Waals surface area contributed by atoms with Crippen molar-refractivity contribution >= 4 is 5.78 Å². The fourth-order valence-electron chi connectivity index (χ4n) is 3.07. The van der Waals surface area contributed by atoms with Crippen LogP contribution in [0.5, 0.6) is 0 Å². The van der Waals surface area contributed by atoms with Gasteiger partial charge in [-0.25, -0.2) is 0 Å². The quantitative estimate of drug-likeness (QED) is 0.480. The number of hydrogen-bond acceptors (Lipinski definition) is 1. The first-order chi connectivity index (χ1) is 5.36. The summed E-state index contributed by atoms with van der Waals surface area (Å²) < 4.78 is 0. The average Bonchev–Trinajstić information content (AvgIpc) is 2.43. The summed E-state index contributed by atoms with van der Waals surface area (Å²) in [6.07, 6.45) is 7.10. The molecule has 2 unspecified atom stereocenters. The molecule has 3 aliphatic carbocycles. The van der Waals surface area contributed by atoms with Crippen molar-refractivity contribution in [2.45, 2.75) is 25.7 Å². The number of allylic oxidation sites excluding steroid dienone is 2. The van der Waals surface area contributed by atoms with Crippen molar-refractivity contribution in [3.63, 3.8) is 0 Å². The fourth-order valence-corrected chi connectivity index (χ4v) is 3.07. The second kappa shape index (κ2) is 1.77. The summed E-state index contributed by atoms with van der Waals surface area (Å²) in [4.78, 5) is 11.2. The standard InChI is InChI=1S/C10H12O/c11-9-5-7-4-6-2-1-3-8(6)10(7)9/h3,6-7,10H,1-2,4-5H2/t6-,7?,10?/m0/s1. The predicted octanol–water partition coefficient (Wildman–Crippen LogP) is 1.93. The number of hydrogen-bond donors (Lipinski definition) is 0. The minimum absolute atomic E-state index is 0.405. The lowest BCUT2D eigenvalue weighted by Crippen LogP contribution is -2.33. The molecule has 0 radical (unpaired) electrons. The van der Waals surface area contributed by atoms with E-state index in [4.69, 9.17) is 0 Å². The predicted molar refractivity (Wildman–Crippen MR) is 42.0 cm³/mol. The highest BCUT2D eigenvalue weighted by Crippen LogP contribution is 2.54. The van der Waals surface area contributed by atoms with Crippen LogP contribution in [0.4, 0.5) is 0 Å². The molecule has 0 N–H and O–H groups in total. The fraction of sp³-hybridized carbons (Fsp3) is 0.700. The molecular weight excluding hydrogens is 136 g/mol. The van der Waals surface area contributed by atoms with Gasteiger partial charge in [-0.3, -0.25) is 4.79 Å². The Balaban J connectivity index is 1.99. The van der Waals surface area contributed by atoms with E-state index in [9.17, 15) is 4.79 Å². The average molecular weight is 148 g/mol. The molecule has 2 saturated carbocycles. The first-order valence-electron chi connectivity index (χ1n) is 4.59. The first kappa shape index (κ1) is 5.99. The molecule has 0 saturated heterocycles. The van der Waals surface area contributed by atoms with Crippen LogP contribution in [0.1, 0.15) is 25.7 Å². The highest BCUT2D eigenvalue weighted by molar-refractivity contribution is 5.91. The molecule has 0 aromatic heterocycles. The van der Waals surface area contributed by atoms with Gasteiger partial charge < -0.3 is 0 Å². The number of rotatable bonds is 0. The molecule has 0 amide bonds. The van der Waals surface area contributed by atoms with Crippen LogP contribution < -0.4 is 0 Å². The second-order valence-electron chi connectivity index (χ2n) is 4.12. The van der Waals surface area contributed by atoms with E-state index in [1.54, 1.807) is 0 Å². The van der Waals surface area contributed by atoms with Crippen molar-refractivity contribution in [1.82, 2.24) is 0 Å². The highest BCUT2D eigenvalue weighted by Gasteiger charge is 2.50. The Morgan fingerprint density at radius 1 is 1.45 bits per heavy atom. The zero-order chi connectivity index (χ0) is 7.42. The summed E-state index contributed by atoms with van der Waals surface area (Å²) in [5.74, 6) is 2.50. The Hall–Kier alpha value is -0.590. The van der Waals surface area contributed by atoms with Gasteiger partial charge in [0.15, 0.2) is 0 Å². The summed E-state index contributed by atoms with van der Waals surface area (Å²) >= 11 is 0. The molecule has 0 aliphatic heterocycles. The van der Waals surface area contributed by atoms with Crippen LogP contribution in [-0.2, 0) is 4.79 Å². The molecule has 3 aliphatic rings. The minimum Gasteiger partial charge on any atom is -0.299 e. The van der Waals surface area contributed by atoms with E-state index in [1.165, 1.54) is 24.8 Å². The van der Waals surface area contributed by atoms with Gasteiger partial charge in [-0.15, -0.1) is 0 Å². The number of carbonyl (C=O) groups excluding carboxylic acids is 1. The Morgan fingerprint density at radius 2 is 2.36 bits per heavy atom. The van der Waals surface area contributed by atoms with Gasteiger partial charge in [0.2, 0.25) is 0 Å². The van der Waals surface area contributed by atoms with Crippen molar-refractivity contribution in [2.24, 2.45) is 17.8 Å². The maximum Gasteiger partial charge on any atom is 0.140 e. The van der Waals surface area contributed by atoms with Crippen LogP contribution in [0, 0.1) is 17.8 Å². The van der Waals surface area contributed by atoms with Crippen LogP contribution in [-0.4, -0.2) is 5.78 Å². The topological polar surface area (TPSA) is 17.1 Å². The van der Waals surface area contributed by atoms with E-state index in [0.29, 0.717) is 11.7 Å². The summed E-state index contributed by atoms with van der Waals surface area (Å²) in [6.45, 7) is 0. The first-order valence-corrected chi connectivity index (χ1v) is 4.59. The van der Waals surface area contributed by atoms with E-state index in [-0.39, 0.29) is 0 Å². The van der Waals surface area contributed by atoms with Crippen LogP contribution in [0.2, 0.25) is 0 Å². The van der Waals surface area contributed by atoms with Crippen molar-refractivity contribution in [2.75, 3.05) is 0 Å². The van der Waals surface area contributed by atoms with E-state index in [2.05, 4.69) is 6.08 Å². The van der Waals surface area contributed by atoms with Gasteiger partial charge in [0, 0.05) is 12.3 Å². The molecule has 11 heavy (non-hydrogen) atoms. The van der Waals surface area contributed by atoms with Gasteiger partial charge in [-0.2, -0.15) is 0 Å². The lowest BCUT2D eigenvalue weighted by atomic mass is 9.73. The largest absolute Gasteiger partial charge is 0.299 e. The molecule has 58 valence electrons. The van der Waals surface area contributed by atoms with Crippen molar-refractivity contribution in [3.8, 4) is 0 Å². The van der Waals surface area contributed by atoms with E-state index < -0.39 is 0 Å². The summed E-state index contributed by atoms with van der Waals surface area (Å²) in [7, 11) is 0. The minimum atomic E-state index is 0.405. The molecule has 1 nitrogen and oxygen atoms in total. The third-order valence-corrected chi connectivity index (χ3v) is 3.59. The molecular formula is C10H12O. The van der Waals surface area contributed by atoms with Gasteiger partial charge in [-0.05, 0) is 31.1 Å². The van der Waals surface area contributed by atoms with Crippen molar-refractivity contribution < 1.29 is 4.79 Å². The summed E-state index contributed by atoms with van der Waals surface area (Å²) in [5.41, 5.74) is 1.52. The molecule has 0 bridgehead atoms. The van der Waals surface area contributed by atoms with Gasteiger partial charge in [0.1, 0.15) is 5.78 Å². The third-order valence-electron chi connectivity index (χ3n) is 3.59. The zero-order valence-electron chi connectivity index (χ0n) is 6.55. The molecule has 0 spiro atoms. The number of ketones is 1. The van der Waals surface area contributed by atoms with E-state index in [0.717, 1.165) is 18.3 Å². The summed E-state index contributed by atoms with van der Waals surface area (Å²) in [6, 6.07) is 0. The second-order valence-corrected chi connectivity index (χ2v) is 4.12. The van der Waals surface area contributed by atoms with E-state index in [1.807, 2.05) is 0 Å². The molecule has 0 aromatic rings. The molecule has 2 fully saturated rings. The van der Waals surface area contributed by atoms with Gasteiger partial charge >= 0.3 is 0 Å². The Labute approximate surface area is 66.5 Å². The molecule has 3 atom stereocenters. The van der Waals surface area contributed by atoms with Gasteiger partial charge in [-0.1, -0.05) is 11.6 Å². The van der Waals surface area contributed by atoms with Crippen LogP contribution >= 0.6 is 0 Å². The SMILES string of the molecule is O=C1CC2C[C@@H]3CCC=C3C12.